The molecule has 1 aromatic heterocycles. The first kappa shape index (κ1) is 11.6. The minimum Gasteiger partial charge on any atom is -0.438 e. The van der Waals surface area contributed by atoms with Crippen molar-refractivity contribution in [3.8, 4) is 17.7 Å². The molecule has 2 aromatic rings. The predicted molar refractivity (Wildman–Crippen MR) is 67.2 cm³/mol. The molecule has 0 saturated heterocycles. The fourth-order valence-corrected chi connectivity index (χ4v) is 1.38. The first-order valence-electron chi connectivity index (χ1n) is 5.20. The highest BCUT2D eigenvalue weighted by Crippen LogP contribution is 2.22. The van der Waals surface area contributed by atoms with Crippen molar-refractivity contribution >= 4 is 6.21 Å². The van der Waals surface area contributed by atoms with Crippen LogP contribution in [0.1, 0.15) is 11.1 Å². The third-order valence-electron chi connectivity index (χ3n) is 2.21. The minimum absolute atomic E-state index is 0.292. The molecule has 5 heteroatoms. The van der Waals surface area contributed by atoms with Crippen molar-refractivity contribution in [1.82, 2.24) is 4.98 Å². The Bertz CT molecular complexity index is 599. The van der Waals surface area contributed by atoms with Crippen molar-refractivity contribution in [3.05, 3.63) is 53.7 Å². The van der Waals surface area contributed by atoms with Crippen LogP contribution in [-0.2, 0) is 0 Å². The Morgan fingerprint density at radius 2 is 2.06 bits per heavy atom. The first-order valence-corrected chi connectivity index (χ1v) is 5.20. The van der Waals surface area contributed by atoms with Crippen molar-refractivity contribution in [2.24, 2.45) is 10.9 Å². The second-order valence-electron chi connectivity index (χ2n) is 3.42. The van der Waals surface area contributed by atoms with Gasteiger partial charge < -0.3 is 10.6 Å². The normalized spacial score (nSPS) is 10.2. The third-order valence-corrected chi connectivity index (χ3v) is 2.21. The Morgan fingerprint density at radius 1 is 1.28 bits per heavy atom. The molecule has 18 heavy (non-hydrogen) atoms. The smallest absolute Gasteiger partial charge is 0.237 e. The minimum atomic E-state index is 0.292. The Kier molecular flexibility index (Phi) is 3.52. The Labute approximate surface area is 104 Å². The summed E-state index contributed by atoms with van der Waals surface area (Å²) in [6.07, 6.45) is 3.11. The van der Waals surface area contributed by atoms with E-state index in [1.165, 1.54) is 6.21 Å². The van der Waals surface area contributed by atoms with E-state index in [1.54, 1.807) is 42.6 Å². The third kappa shape index (κ3) is 2.62. The average molecular weight is 238 g/mol. The molecule has 0 radical (unpaired) electrons. The number of ether oxygens (including phenoxy) is 1. The molecule has 2 N–H and O–H groups in total. The van der Waals surface area contributed by atoms with E-state index in [4.69, 9.17) is 15.8 Å². The maximum atomic E-state index is 8.91. The number of pyridine rings is 1. The lowest BCUT2D eigenvalue weighted by atomic mass is 10.2. The Balaban J connectivity index is 2.21. The highest BCUT2D eigenvalue weighted by molar-refractivity contribution is 5.79. The van der Waals surface area contributed by atoms with Crippen LogP contribution < -0.4 is 10.6 Å². The molecule has 0 aliphatic heterocycles. The van der Waals surface area contributed by atoms with Crippen molar-refractivity contribution in [3.63, 3.8) is 0 Å². The molecule has 0 fully saturated rings. The van der Waals surface area contributed by atoms with Crippen LogP contribution in [0.15, 0.2) is 47.7 Å². The number of hydrogen-bond acceptors (Lipinski definition) is 5. The van der Waals surface area contributed by atoms with E-state index in [0.29, 0.717) is 17.2 Å². The first-order chi connectivity index (χ1) is 8.83. The molecule has 0 amide bonds. The topological polar surface area (TPSA) is 84.3 Å². The molecule has 0 bridgehead atoms. The van der Waals surface area contributed by atoms with Gasteiger partial charge >= 0.3 is 0 Å². The molecule has 0 atom stereocenters. The Hall–Kier alpha value is -2.87. The lowest BCUT2D eigenvalue weighted by Gasteiger charge is -2.05. The zero-order chi connectivity index (χ0) is 12.8. The molecule has 0 spiro atoms. The molecule has 88 valence electrons. The van der Waals surface area contributed by atoms with Crippen LogP contribution >= 0.6 is 0 Å². The summed E-state index contributed by atoms with van der Waals surface area (Å²) in [7, 11) is 0. The van der Waals surface area contributed by atoms with E-state index in [9.17, 15) is 0 Å². The van der Waals surface area contributed by atoms with E-state index in [-0.39, 0.29) is 0 Å². The fourth-order valence-electron chi connectivity index (χ4n) is 1.38. The van der Waals surface area contributed by atoms with Crippen molar-refractivity contribution in [1.29, 1.82) is 5.26 Å². The molecule has 0 aliphatic rings. The number of hydrazone groups is 1. The van der Waals surface area contributed by atoms with E-state index in [2.05, 4.69) is 10.1 Å². The lowest BCUT2D eigenvalue weighted by molar-refractivity contribution is 0.461. The number of rotatable bonds is 3. The summed E-state index contributed by atoms with van der Waals surface area (Å²) in [4.78, 5) is 4.01. The van der Waals surface area contributed by atoms with Gasteiger partial charge in [-0.2, -0.15) is 10.4 Å². The maximum Gasteiger partial charge on any atom is 0.237 e. The zero-order valence-corrected chi connectivity index (χ0v) is 9.45. The molecule has 0 saturated carbocycles. The number of hydrogen-bond donors (Lipinski definition) is 1. The monoisotopic (exact) mass is 238 g/mol. The van der Waals surface area contributed by atoms with Gasteiger partial charge in [0, 0.05) is 6.20 Å². The lowest BCUT2D eigenvalue weighted by Crippen LogP contribution is -1.92. The largest absolute Gasteiger partial charge is 0.438 e. The van der Waals surface area contributed by atoms with Crippen molar-refractivity contribution in [2.75, 3.05) is 0 Å². The predicted octanol–water partition coefficient (Wildman–Crippen LogP) is 2.04. The van der Waals surface area contributed by atoms with Gasteiger partial charge in [-0.15, -0.1) is 0 Å². The van der Waals surface area contributed by atoms with Crippen LogP contribution in [0.25, 0.3) is 0 Å². The molecule has 1 aromatic carbocycles. The number of aromatic nitrogens is 1. The number of nitriles is 1. The molecular weight excluding hydrogens is 228 g/mol. The maximum absolute atomic E-state index is 8.91. The summed E-state index contributed by atoms with van der Waals surface area (Å²) in [6, 6.07) is 12.5. The molecule has 0 unspecified atom stereocenters. The van der Waals surface area contributed by atoms with E-state index < -0.39 is 0 Å². The van der Waals surface area contributed by atoms with Gasteiger partial charge in [-0.1, -0.05) is 0 Å². The van der Waals surface area contributed by atoms with Crippen LogP contribution in [0.5, 0.6) is 11.6 Å². The van der Waals surface area contributed by atoms with Crippen LogP contribution in [0, 0.1) is 11.3 Å². The summed E-state index contributed by atoms with van der Waals surface area (Å²) in [6.45, 7) is 0. The number of nitrogens with zero attached hydrogens (tertiary/aromatic N) is 3. The van der Waals surface area contributed by atoms with Crippen molar-refractivity contribution < 1.29 is 4.74 Å². The number of benzene rings is 1. The molecule has 0 aliphatic carbocycles. The van der Waals surface area contributed by atoms with Gasteiger partial charge in [-0.05, 0) is 42.0 Å². The van der Waals surface area contributed by atoms with Gasteiger partial charge in [0.2, 0.25) is 5.88 Å². The number of nitrogens with two attached hydrogens (primary N) is 1. The second kappa shape index (κ2) is 5.46. The second-order valence-corrected chi connectivity index (χ2v) is 3.42. The van der Waals surface area contributed by atoms with Gasteiger partial charge in [0.05, 0.1) is 6.21 Å². The summed E-state index contributed by atoms with van der Waals surface area (Å²) >= 11 is 0. The van der Waals surface area contributed by atoms with Gasteiger partial charge in [0.15, 0.2) is 0 Å². The van der Waals surface area contributed by atoms with Crippen LogP contribution in [0.3, 0.4) is 0 Å². The quantitative estimate of drug-likeness (QED) is 0.503. The van der Waals surface area contributed by atoms with Gasteiger partial charge in [-0.3, -0.25) is 0 Å². The van der Waals surface area contributed by atoms with Crippen molar-refractivity contribution in [2.45, 2.75) is 0 Å². The van der Waals surface area contributed by atoms with Gasteiger partial charge in [0.25, 0.3) is 0 Å². The van der Waals surface area contributed by atoms with Crippen LogP contribution in [-0.4, -0.2) is 11.2 Å². The average Bonchev–Trinajstić information content (AvgIpc) is 2.42. The van der Waals surface area contributed by atoms with Gasteiger partial charge in [-0.25, -0.2) is 4.98 Å². The SMILES string of the molecule is N#Cc1cccnc1Oc1ccc(C=NN)cc1. The molecule has 5 nitrogen and oxygen atoms in total. The molecule has 2 rings (SSSR count). The van der Waals surface area contributed by atoms with E-state index in [0.717, 1.165) is 5.56 Å². The summed E-state index contributed by atoms with van der Waals surface area (Å²) < 4.78 is 5.52. The van der Waals surface area contributed by atoms with Crippen LogP contribution in [0.4, 0.5) is 0 Å². The van der Waals surface area contributed by atoms with Crippen LogP contribution in [0.2, 0.25) is 0 Å². The summed E-state index contributed by atoms with van der Waals surface area (Å²) in [5.74, 6) is 5.94. The summed E-state index contributed by atoms with van der Waals surface area (Å²) in [5, 5.41) is 12.3. The Morgan fingerprint density at radius 3 is 2.72 bits per heavy atom. The highest BCUT2D eigenvalue weighted by atomic mass is 16.5. The van der Waals surface area contributed by atoms with E-state index in [1.807, 2.05) is 6.07 Å². The highest BCUT2D eigenvalue weighted by Gasteiger charge is 2.04. The molecular formula is C13H10N4O. The van der Waals surface area contributed by atoms with Gasteiger partial charge in [0.1, 0.15) is 17.4 Å². The molecule has 1 heterocycles. The fraction of sp³-hybridized carbons (Fsp3) is 0. The zero-order valence-electron chi connectivity index (χ0n) is 9.45. The standard InChI is InChI=1S/C13H10N4O/c14-8-11-2-1-7-16-13(11)18-12-5-3-10(4-6-12)9-17-15/h1-7,9H,15H2. The van der Waals surface area contributed by atoms with E-state index >= 15 is 0 Å². The summed E-state index contributed by atoms with van der Waals surface area (Å²) in [5.41, 5.74) is 1.26.